The van der Waals surface area contributed by atoms with E-state index in [0.29, 0.717) is 12.5 Å². The molecule has 1 aliphatic carbocycles. The van der Waals surface area contributed by atoms with Crippen LogP contribution in [0.4, 0.5) is 0 Å². The third kappa shape index (κ3) is 0.852. The van der Waals surface area contributed by atoms with Crippen LogP contribution in [0.3, 0.4) is 0 Å². The van der Waals surface area contributed by atoms with Crippen molar-refractivity contribution < 1.29 is 4.11 Å². The predicted octanol–water partition coefficient (Wildman–Crippen LogP) is 2.12. The van der Waals surface area contributed by atoms with Gasteiger partial charge in [0, 0.05) is 2.74 Å². The third-order valence-electron chi connectivity index (χ3n) is 0.846. The van der Waals surface area contributed by atoms with E-state index in [2.05, 4.69) is 0 Å². The van der Waals surface area contributed by atoms with Crippen LogP contribution in [-0.2, 0) is 0 Å². The highest BCUT2D eigenvalue weighted by atomic mass is 13.9. The summed E-state index contributed by atoms with van der Waals surface area (Å²) in [6, 6.07) is 0.450. The summed E-state index contributed by atoms with van der Waals surface area (Å²) in [5, 5.41) is 0. The molecule has 0 fully saturated rings. The quantitative estimate of drug-likeness (QED) is 0.395. The van der Waals surface area contributed by atoms with Crippen LogP contribution in [0.15, 0.2) is 12.1 Å². The number of rotatable bonds is 0. The van der Waals surface area contributed by atoms with E-state index >= 15 is 0 Å². The summed E-state index contributed by atoms with van der Waals surface area (Å²) in [4.78, 5) is 0. The summed E-state index contributed by atoms with van der Waals surface area (Å²) in [6.45, 7) is 0. The zero-order chi connectivity index (χ0) is 6.91. The topological polar surface area (TPSA) is 0 Å². The van der Waals surface area contributed by atoms with Crippen molar-refractivity contribution in [3.63, 3.8) is 0 Å². The van der Waals surface area contributed by atoms with Crippen LogP contribution in [0.25, 0.3) is 0 Å². The van der Waals surface area contributed by atoms with Crippen molar-refractivity contribution in [2.24, 2.45) is 0 Å². The minimum Gasteiger partial charge on any atom is -0.0885 e. The third-order valence-corrected chi connectivity index (χ3v) is 0.846. The second-order valence-corrected chi connectivity index (χ2v) is 1.41. The second kappa shape index (κ2) is 2.01. The molecule has 0 aromatic rings. The lowest BCUT2D eigenvalue weighted by Gasteiger charge is -1.97. The van der Waals surface area contributed by atoms with Crippen LogP contribution >= 0.6 is 0 Å². The molecule has 0 spiro atoms. The molecule has 0 radical (unpaired) electrons. The van der Waals surface area contributed by atoms with Gasteiger partial charge in [0.05, 0.1) is 1.37 Å². The normalized spacial score (nSPS) is 38.7. The molecule has 0 nitrogen and oxygen atoms in total. The lowest BCUT2D eigenvalue weighted by atomic mass is 10.1. The minimum atomic E-state index is -1.20. The van der Waals surface area contributed by atoms with E-state index in [-0.39, 0.29) is 0 Å². The zero-order valence-corrected chi connectivity index (χ0v) is 3.70. The Bertz CT molecular complexity index is 137. The summed E-state index contributed by atoms with van der Waals surface area (Å²) in [6.07, 6.45) is 2.36. The maximum absolute atomic E-state index is 7.23. The van der Waals surface area contributed by atoms with Gasteiger partial charge in [0.25, 0.3) is 0 Å². The zero-order valence-electron chi connectivity index (χ0n) is 6.70. The summed E-state index contributed by atoms with van der Waals surface area (Å²) in [5.41, 5.74) is 0. The molecule has 0 aliphatic heterocycles. The van der Waals surface area contributed by atoms with Gasteiger partial charge >= 0.3 is 0 Å². The molecule has 6 heavy (non-hydrogen) atoms. The molecule has 0 atom stereocenters. The molecule has 1 aliphatic rings. The molecule has 1 rings (SSSR count). The minimum absolute atomic E-state index is 0.450. The Labute approximate surface area is 43.1 Å². The van der Waals surface area contributed by atoms with E-state index in [1.165, 1.54) is 6.08 Å². The fraction of sp³-hybridized carbons (Fsp3) is 0.667. The van der Waals surface area contributed by atoms with Crippen molar-refractivity contribution >= 4 is 0 Å². The van der Waals surface area contributed by atoms with E-state index in [0.717, 1.165) is 12.8 Å². The molecule has 0 saturated heterocycles. The van der Waals surface area contributed by atoms with Crippen LogP contribution in [0, 0.1) is 0 Å². The number of hydrogen-bond donors (Lipinski definition) is 0. The van der Waals surface area contributed by atoms with Crippen molar-refractivity contribution in [1.29, 1.82) is 0 Å². The monoisotopic (exact) mass is 85.1 g/mol. The van der Waals surface area contributed by atoms with Gasteiger partial charge in [-0.05, 0) is 25.6 Å². The van der Waals surface area contributed by atoms with Crippen LogP contribution in [0.5, 0.6) is 0 Å². The van der Waals surface area contributed by atoms with Crippen molar-refractivity contribution in [2.45, 2.75) is 25.6 Å². The van der Waals surface area contributed by atoms with Crippen LogP contribution in [0.1, 0.15) is 29.7 Å². The van der Waals surface area contributed by atoms with Gasteiger partial charge in [0.15, 0.2) is 0 Å². The molecule has 0 aromatic carbocycles. The summed E-state index contributed by atoms with van der Waals surface area (Å²) in [7, 11) is 0. The SMILES string of the molecule is [2H]C1=CC([2H])([2H])CCC1. The van der Waals surface area contributed by atoms with Crippen molar-refractivity contribution in [3.05, 3.63) is 12.1 Å². The van der Waals surface area contributed by atoms with Gasteiger partial charge in [0.2, 0.25) is 0 Å². The second-order valence-electron chi connectivity index (χ2n) is 1.41. The summed E-state index contributed by atoms with van der Waals surface area (Å²) >= 11 is 0. The highest BCUT2D eigenvalue weighted by molar-refractivity contribution is 4.85. The maximum atomic E-state index is 7.23. The van der Waals surface area contributed by atoms with Gasteiger partial charge in [-0.25, -0.2) is 0 Å². The molecule has 0 heteroatoms. The molecular formula is C6H10. The highest BCUT2D eigenvalue weighted by Crippen LogP contribution is 2.07. The average Bonchev–Trinajstić information content (AvgIpc) is 1.60. The Hall–Kier alpha value is -0.260. The smallest absolute Gasteiger partial charge is 0.0572 e. The van der Waals surface area contributed by atoms with Gasteiger partial charge in [-0.1, -0.05) is 12.1 Å². The molecule has 0 bridgehead atoms. The van der Waals surface area contributed by atoms with E-state index in [9.17, 15) is 0 Å². The number of hydrogen-bond acceptors (Lipinski definition) is 0. The molecule has 34 valence electrons. The molecule has 0 aromatic heterocycles. The first-order valence-electron chi connectivity index (χ1n) is 3.78. The van der Waals surface area contributed by atoms with Crippen LogP contribution < -0.4 is 0 Å². The Morgan fingerprint density at radius 1 is 1.67 bits per heavy atom. The van der Waals surface area contributed by atoms with Crippen molar-refractivity contribution in [1.82, 2.24) is 0 Å². The summed E-state index contributed by atoms with van der Waals surface area (Å²) in [5.74, 6) is 0. The van der Waals surface area contributed by atoms with Gasteiger partial charge < -0.3 is 0 Å². The lowest BCUT2D eigenvalue weighted by Crippen LogP contribution is -1.77. The van der Waals surface area contributed by atoms with Gasteiger partial charge in [-0.3, -0.25) is 0 Å². The Morgan fingerprint density at radius 2 is 2.67 bits per heavy atom. The fourth-order valence-electron chi connectivity index (χ4n) is 0.509. The standard InChI is InChI=1S/C6H10/c1-2-4-6-5-3-1/h1-2H,3-6H2/i1D,4D2. The molecule has 0 heterocycles. The molecule has 0 unspecified atom stereocenters. The fourth-order valence-corrected chi connectivity index (χ4v) is 0.509. The van der Waals surface area contributed by atoms with Crippen molar-refractivity contribution in [2.75, 3.05) is 0 Å². The molecule has 0 saturated carbocycles. The Balaban J connectivity index is 2.68. The van der Waals surface area contributed by atoms with E-state index in [4.69, 9.17) is 4.11 Å². The first-order chi connectivity index (χ1) is 4.10. The Morgan fingerprint density at radius 3 is 3.17 bits per heavy atom. The van der Waals surface area contributed by atoms with Crippen LogP contribution in [0.2, 0.25) is 0 Å². The van der Waals surface area contributed by atoms with Gasteiger partial charge in [-0.2, -0.15) is 0 Å². The van der Waals surface area contributed by atoms with Gasteiger partial charge in [-0.15, -0.1) is 0 Å². The Kier molecular flexibility index (Phi) is 0.566. The highest BCUT2D eigenvalue weighted by Gasteiger charge is 1.87. The van der Waals surface area contributed by atoms with Crippen molar-refractivity contribution in [3.8, 4) is 0 Å². The van der Waals surface area contributed by atoms with Crippen LogP contribution in [-0.4, -0.2) is 0 Å². The predicted molar refractivity (Wildman–Crippen MR) is 27.6 cm³/mol. The number of allylic oxidation sites excluding steroid dienone is 2. The lowest BCUT2D eigenvalue weighted by molar-refractivity contribution is 0.730. The largest absolute Gasteiger partial charge is 0.0885 e. The molecule has 0 N–H and O–H groups in total. The summed E-state index contributed by atoms with van der Waals surface area (Å²) < 4.78 is 21.6. The maximum Gasteiger partial charge on any atom is 0.0572 e. The first-order valence-corrected chi connectivity index (χ1v) is 2.28. The van der Waals surface area contributed by atoms with E-state index in [1.807, 2.05) is 0 Å². The molecule has 0 amide bonds. The van der Waals surface area contributed by atoms with E-state index < -0.39 is 6.37 Å². The molecular weight excluding hydrogens is 72.1 g/mol. The average molecular weight is 85.2 g/mol. The van der Waals surface area contributed by atoms with E-state index in [1.54, 1.807) is 0 Å². The van der Waals surface area contributed by atoms with Gasteiger partial charge in [0.1, 0.15) is 0 Å². The first kappa shape index (κ1) is 1.69.